The number of nitrogens with zero attached hydrogens (tertiary/aromatic N) is 2. The van der Waals surface area contributed by atoms with Gasteiger partial charge in [0.05, 0.1) is 21.3 Å². The van der Waals surface area contributed by atoms with Crippen molar-refractivity contribution in [2.24, 2.45) is 0 Å². The molecule has 0 radical (unpaired) electrons. The average molecular weight is 695 g/mol. The molecule has 2 aliphatic rings. The molecule has 2 heterocycles. The van der Waals surface area contributed by atoms with Crippen LogP contribution in [-0.2, 0) is 35.3 Å². The molecule has 0 unspecified atom stereocenters. The minimum atomic E-state index is -0.429. The number of carbonyl (C=O) groups excluding carboxylic acids is 2. The molecule has 2 atom stereocenters. The highest BCUT2D eigenvalue weighted by atomic mass is 16.6. The topological polar surface area (TPSA) is 96.0 Å². The lowest BCUT2D eigenvalue weighted by Crippen LogP contribution is -2.33. The Kier molecular flexibility index (Phi) is 10.8. The van der Waals surface area contributed by atoms with Gasteiger partial charge in [-0.2, -0.15) is 0 Å². The SMILES string of the molecule is COc1cc2c(cc1OC)[C@@H](Cc1ccc(Oc3cc(C[C@@H]4c5cc(OC(C)=O)c(OC)cc5CCN4C)ccc3OC(C)=O)cc1)N(C)CC2. The van der Waals surface area contributed by atoms with E-state index in [1.807, 2.05) is 36.4 Å². The van der Waals surface area contributed by atoms with E-state index < -0.39 is 11.9 Å². The first-order chi connectivity index (χ1) is 24.6. The molecular weight excluding hydrogens is 648 g/mol. The van der Waals surface area contributed by atoms with Gasteiger partial charge in [-0.05, 0) is 122 Å². The van der Waals surface area contributed by atoms with Crippen LogP contribution in [0.2, 0.25) is 0 Å². The van der Waals surface area contributed by atoms with Crippen molar-refractivity contribution in [3.8, 4) is 40.2 Å². The zero-order chi connectivity index (χ0) is 36.2. The van der Waals surface area contributed by atoms with Crippen molar-refractivity contribution >= 4 is 11.9 Å². The van der Waals surface area contributed by atoms with Crippen molar-refractivity contribution in [2.45, 2.75) is 51.6 Å². The first-order valence-electron chi connectivity index (χ1n) is 17.2. The number of ether oxygens (including phenoxy) is 6. The predicted octanol–water partition coefficient (Wildman–Crippen LogP) is 6.90. The van der Waals surface area contributed by atoms with E-state index in [9.17, 15) is 9.59 Å². The molecule has 6 rings (SSSR count). The maximum atomic E-state index is 12.0. The van der Waals surface area contributed by atoms with Crippen LogP contribution >= 0.6 is 0 Å². The van der Waals surface area contributed by atoms with Crippen LogP contribution in [0.3, 0.4) is 0 Å². The number of fused-ring (bicyclic) bond motifs is 2. The normalized spacial score (nSPS) is 17.2. The Hall–Kier alpha value is -5.06. The monoisotopic (exact) mass is 694 g/mol. The van der Waals surface area contributed by atoms with E-state index in [-0.39, 0.29) is 12.1 Å². The van der Waals surface area contributed by atoms with E-state index >= 15 is 0 Å². The van der Waals surface area contributed by atoms with Crippen molar-refractivity contribution in [3.63, 3.8) is 0 Å². The lowest BCUT2D eigenvalue weighted by molar-refractivity contribution is -0.132. The summed E-state index contributed by atoms with van der Waals surface area (Å²) in [5, 5.41) is 0. The summed E-state index contributed by atoms with van der Waals surface area (Å²) in [4.78, 5) is 28.5. The van der Waals surface area contributed by atoms with Gasteiger partial charge in [0, 0.05) is 39.0 Å². The number of methoxy groups -OCH3 is 3. The highest BCUT2D eigenvalue weighted by Crippen LogP contribution is 2.42. The van der Waals surface area contributed by atoms with Crippen LogP contribution in [0.4, 0.5) is 0 Å². The molecular formula is C41H46N2O8. The smallest absolute Gasteiger partial charge is 0.308 e. The Bertz CT molecular complexity index is 1910. The standard InChI is InChI=1S/C41H46N2O8/c1-25(44)49-36-13-10-28(19-35-33-24-41(50-26(2)45)38(47-6)22-30(33)15-17-43(35)4)20-40(36)51-31-11-8-27(9-12-31)18-34-32-23-39(48-7)37(46-5)21-29(32)14-16-42(34)3/h8-13,20-24,34-35H,14-19H2,1-7H3/t34-,35-/m1/s1. The van der Waals surface area contributed by atoms with Crippen LogP contribution in [0.25, 0.3) is 0 Å². The lowest BCUT2D eigenvalue weighted by Gasteiger charge is -2.35. The Morgan fingerprint density at radius 2 is 1.06 bits per heavy atom. The van der Waals surface area contributed by atoms with Gasteiger partial charge in [-0.3, -0.25) is 19.4 Å². The molecule has 0 saturated heterocycles. The summed E-state index contributed by atoms with van der Waals surface area (Å²) in [5.41, 5.74) is 6.92. The van der Waals surface area contributed by atoms with Gasteiger partial charge in [0.2, 0.25) is 0 Å². The summed E-state index contributed by atoms with van der Waals surface area (Å²) < 4.78 is 34.2. The second-order valence-electron chi connectivity index (χ2n) is 13.2. The molecule has 268 valence electrons. The number of esters is 2. The van der Waals surface area contributed by atoms with Gasteiger partial charge in [0.1, 0.15) is 5.75 Å². The second kappa shape index (κ2) is 15.4. The second-order valence-corrected chi connectivity index (χ2v) is 13.2. The van der Waals surface area contributed by atoms with Gasteiger partial charge in [-0.15, -0.1) is 0 Å². The third-order valence-electron chi connectivity index (χ3n) is 9.85. The highest BCUT2D eigenvalue weighted by molar-refractivity contribution is 5.71. The van der Waals surface area contributed by atoms with Gasteiger partial charge < -0.3 is 28.4 Å². The van der Waals surface area contributed by atoms with Crippen LogP contribution in [0.5, 0.6) is 40.2 Å². The minimum absolute atomic E-state index is 0.00442. The van der Waals surface area contributed by atoms with Crippen LogP contribution in [0.15, 0.2) is 66.7 Å². The van der Waals surface area contributed by atoms with Gasteiger partial charge in [-0.1, -0.05) is 18.2 Å². The number of carbonyl (C=O) groups is 2. The fraction of sp³-hybridized carbons (Fsp3) is 0.366. The largest absolute Gasteiger partial charge is 0.493 e. The Balaban J connectivity index is 1.24. The molecule has 0 bridgehead atoms. The fourth-order valence-corrected chi connectivity index (χ4v) is 7.18. The van der Waals surface area contributed by atoms with Crippen molar-refractivity contribution in [1.29, 1.82) is 0 Å². The van der Waals surface area contributed by atoms with E-state index in [2.05, 4.69) is 48.2 Å². The minimum Gasteiger partial charge on any atom is -0.493 e. The Morgan fingerprint density at radius 3 is 1.61 bits per heavy atom. The zero-order valence-corrected chi connectivity index (χ0v) is 30.4. The predicted molar refractivity (Wildman–Crippen MR) is 194 cm³/mol. The lowest BCUT2D eigenvalue weighted by atomic mass is 9.88. The molecule has 2 aliphatic heterocycles. The van der Waals surface area contributed by atoms with Gasteiger partial charge >= 0.3 is 11.9 Å². The maximum absolute atomic E-state index is 12.0. The van der Waals surface area contributed by atoms with Gasteiger partial charge in [-0.25, -0.2) is 0 Å². The number of hydrogen-bond acceptors (Lipinski definition) is 10. The molecule has 0 fully saturated rings. The van der Waals surface area contributed by atoms with E-state index in [4.69, 9.17) is 28.4 Å². The first kappa shape index (κ1) is 35.8. The van der Waals surface area contributed by atoms with E-state index in [1.165, 1.54) is 30.5 Å². The van der Waals surface area contributed by atoms with E-state index in [0.29, 0.717) is 35.2 Å². The quantitative estimate of drug-likeness (QED) is 0.122. The molecule has 0 saturated carbocycles. The van der Waals surface area contributed by atoms with Crippen molar-refractivity contribution in [1.82, 2.24) is 9.80 Å². The molecule has 0 aliphatic carbocycles. The van der Waals surface area contributed by atoms with E-state index in [0.717, 1.165) is 60.5 Å². The molecule has 0 aromatic heterocycles. The average Bonchev–Trinajstić information content (AvgIpc) is 3.11. The van der Waals surface area contributed by atoms with Crippen LogP contribution in [-0.4, -0.2) is 70.3 Å². The molecule has 0 N–H and O–H groups in total. The van der Waals surface area contributed by atoms with Gasteiger partial charge in [0.25, 0.3) is 0 Å². The third kappa shape index (κ3) is 7.97. The van der Waals surface area contributed by atoms with Crippen molar-refractivity contribution in [3.05, 3.63) is 100 Å². The summed E-state index contributed by atoms with van der Waals surface area (Å²) in [6, 6.07) is 22.0. The number of likely N-dealkylation sites (N-methyl/N-ethyl adjacent to an activating group) is 2. The Morgan fingerprint density at radius 1 is 0.588 bits per heavy atom. The molecule has 4 aromatic rings. The molecule has 51 heavy (non-hydrogen) atoms. The first-order valence-corrected chi connectivity index (χ1v) is 17.2. The van der Waals surface area contributed by atoms with Crippen LogP contribution in [0.1, 0.15) is 59.3 Å². The van der Waals surface area contributed by atoms with Crippen LogP contribution < -0.4 is 28.4 Å². The number of benzene rings is 4. The molecule has 4 aromatic carbocycles. The summed E-state index contributed by atoms with van der Waals surface area (Å²) >= 11 is 0. The molecule has 10 nitrogen and oxygen atoms in total. The summed E-state index contributed by atoms with van der Waals surface area (Å²) in [5.74, 6) is 3.02. The fourth-order valence-electron chi connectivity index (χ4n) is 7.18. The van der Waals surface area contributed by atoms with Crippen molar-refractivity contribution in [2.75, 3.05) is 48.5 Å². The third-order valence-corrected chi connectivity index (χ3v) is 9.85. The number of hydrogen-bond donors (Lipinski definition) is 0. The highest BCUT2D eigenvalue weighted by Gasteiger charge is 2.29. The molecule has 0 amide bonds. The maximum Gasteiger partial charge on any atom is 0.308 e. The number of rotatable bonds is 11. The van der Waals surface area contributed by atoms with Crippen LogP contribution in [0, 0.1) is 0 Å². The Labute approximate surface area is 299 Å². The van der Waals surface area contributed by atoms with E-state index in [1.54, 1.807) is 27.4 Å². The zero-order valence-electron chi connectivity index (χ0n) is 30.4. The molecule has 0 spiro atoms. The summed E-state index contributed by atoms with van der Waals surface area (Å²) in [7, 11) is 9.16. The summed E-state index contributed by atoms with van der Waals surface area (Å²) in [6.07, 6.45) is 3.26. The molecule has 10 heteroatoms. The summed E-state index contributed by atoms with van der Waals surface area (Å²) in [6.45, 7) is 4.57. The van der Waals surface area contributed by atoms with Gasteiger partial charge in [0.15, 0.2) is 34.5 Å². The van der Waals surface area contributed by atoms with Crippen molar-refractivity contribution < 1.29 is 38.0 Å².